The third-order valence-electron chi connectivity index (χ3n) is 7.71. The molecule has 38 heavy (non-hydrogen) atoms. The van der Waals surface area contributed by atoms with Crippen molar-refractivity contribution in [2.45, 2.75) is 83.2 Å². The molecule has 1 nitrogen and oxygen atoms in total. The SMILES string of the molecule is CCCCCC1CCC(c2ccc3c(F)c(CCc4cc(F)c(OCC(F)(F)F)c(F)c4)ccc3c2)CC1. The van der Waals surface area contributed by atoms with Gasteiger partial charge in [-0.05, 0) is 84.6 Å². The summed E-state index contributed by atoms with van der Waals surface area (Å²) < 4.78 is 84.9. The van der Waals surface area contributed by atoms with Gasteiger partial charge in [0.05, 0.1) is 0 Å². The molecule has 0 radical (unpaired) electrons. The van der Waals surface area contributed by atoms with Crippen LogP contribution in [0.25, 0.3) is 10.8 Å². The zero-order valence-electron chi connectivity index (χ0n) is 21.7. The number of ether oxygens (including phenoxy) is 1. The molecule has 0 aromatic heterocycles. The molecule has 0 N–H and O–H groups in total. The van der Waals surface area contributed by atoms with Crippen LogP contribution < -0.4 is 4.74 Å². The standard InChI is InChI=1S/C31H34F6O/c1-2-3-4-5-20-6-9-22(10-7-20)24-14-15-26-25(18-24)13-12-23(29(26)34)11-8-21-16-27(32)30(28(33)17-21)38-19-31(35,36)37/h12-18,20,22H,2-11,19H2,1H3. The Morgan fingerprint density at radius 3 is 2.21 bits per heavy atom. The summed E-state index contributed by atoms with van der Waals surface area (Å²) in [6.07, 6.45) is 5.61. The highest BCUT2D eigenvalue weighted by molar-refractivity contribution is 5.84. The second kappa shape index (κ2) is 12.4. The third kappa shape index (κ3) is 7.23. The second-order valence-electron chi connectivity index (χ2n) is 10.5. The number of hydrogen-bond acceptors (Lipinski definition) is 1. The molecule has 0 saturated heterocycles. The van der Waals surface area contributed by atoms with Crippen LogP contribution in [0.2, 0.25) is 0 Å². The van der Waals surface area contributed by atoms with Crippen molar-refractivity contribution in [3.05, 3.63) is 76.6 Å². The fourth-order valence-electron chi connectivity index (χ4n) is 5.60. The van der Waals surface area contributed by atoms with Crippen molar-refractivity contribution in [2.24, 2.45) is 5.92 Å². The summed E-state index contributed by atoms with van der Waals surface area (Å²) in [5, 5.41) is 1.34. The van der Waals surface area contributed by atoms with Crippen molar-refractivity contribution in [1.82, 2.24) is 0 Å². The van der Waals surface area contributed by atoms with Gasteiger partial charge in [-0.2, -0.15) is 13.2 Å². The van der Waals surface area contributed by atoms with Gasteiger partial charge in [-0.15, -0.1) is 0 Å². The molecule has 4 rings (SSSR count). The summed E-state index contributed by atoms with van der Waals surface area (Å²) in [6.45, 7) is 0.442. The Balaban J connectivity index is 1.39. The van der Waals surface area contributed by atoms with E-state index in [0.29, 0.717) is 16.9 Å². The number of rotatable bonds is 10. The van der Waals surface area contributed by atoms with Gasteiger partial charge >= 0.3 is 6.18 Å². The predicted molar refractivity (Wildman–Crippen MR) is 138 cm³/mol. The number of unbranched alkanes of at least 4 members (excludes halogenated alkanes) is 2. The summed E-state index contributed by atoms with van der Waals surface area (Å²) >= 11 is 0. The van der Waals surface area contributed by atoms with Crippen molar-refractivity contribution < 1.29 is 31.1 Å². The molecular weight excluding hydrogens is 502 g/mol. The van der Waals surface area contributed by atoms with E-state index in [1.54, 1.807) is 6.07 Å². The van der Waals surface area contributed by atoms with E-state index in [0.717, 1.165) is 36.3 Å². The van der Waals surface area contributed by atoms with Crippen LogP contribution in [-0.2, 0) is 12.8 Å². The highest BCUT2D eigenvalue weighted by Gasteiger charge is 2.30. The van der Waals surface area contributed by atoms with Gasteiger partial charge < -0.3 is 4.74 Å². The van der Waals surface area contributed by atoms with Crippen molar-refractivity contribution in [3.8, 4) is 5.75 Å². The highest BCUT2D eigenvalue weighted by atomic mass is 19.4. The Morgan fingerprint density at radius 2 is 1.55 bits per heavy atom. The maximum Gasteiger partial charge on any atom is 0.422 e. The van der Waals surface area contributed by atoms with Gasteiger partial charge in [0.1, 0.15) is 5.82 Å². The van der Waals surface area contributed by atoms with E-state index in [2.05, 4.69) is 17.7 Å². The molecule has 0 unspecified atom stereocenters. The molecule has 1 saturated carbocycles. The Labute approximate surface area is 220 Å². The largest absolute Gasteiger partial charge is 0.478 e. The Kier molecular flexibility index (Phi) is 9.27. The van der Waals surface area contributed by atoms with Crippen LogP contribution in [0.4, 0.5) is 26.3 Å². The third-order valence-corrected chi connectivity index (χ3v) is 7.71. The molecule has 206 valence electrons. The minimum absolute atomic E-state index is 0.120. The van der Waals surface area contributed by atoms with Gasteiger partial charge in [0.15, 0.2) is 24.0 Å². The van der Waals surface area contributed by atoms with E-state index >= 15 is 4.39 Å². The molecule has 3 aromatic rings. The molecule has 3 aromatic carbocycles. The van der Waals surface area contributed by atoms with E-state index in [1.807, 2.05) is 18.2 Å². The second-order valence-corrected chi connectivity index (χ2v) is 10.5. The zero-order valence-corrected chi connectivity index (χ0v) is 21.7. The first-order valence-corrected chi connectivity index (χ1v) is 13.5. The van der Waals surface area contributed by atoms with Crippen molar-refractivity contribution in [3.63, 3.8) is 0 Å². The molecule has 0 spiro atoms. The summed E-state index contributed by atoms with van der Waals surface area (Å²) in [7, 11) is 0. The predicted octanol–water partition coefficient (Wildman–Crippen LogP) is 9.84. The fourth-order valence-corrected chi connectivity index (χ4v) is 5.60. The molecular formula is C31H34F6O. The molecule has 0 aliphatic heterocycles. The average molecular weight is 537 g/mol. The number of halogens is 6. The van der Waals surface area contributed by atoms with Crippen LogP contribution >= 0.6 is 0 Å². The number of alkyl halides is 3. The Morgan fingerprint density at radius 1 is 0.842 bits per heavy atom. The zero-order chi connectivity index (χ0) is 27.3. The van der Waals surface area contributed by atoms with Gasteiger partial charge in [-0.25, -0.2) is 13.2 Å². The van der Waals surface area contributed by atoms with Crippen LogP contribution in [0.15, 0.2) is 42.5 Å². The number of hydrogen-bond donors (Lipinski definition) is 0. The first-order chi connectivity index (χ1) is 18.1. The highest BCUT2D eigenvalue weighted by Crippen LogP contribution is 2.39. The molecule has 0 amide bonds. The van der Waals surface area contributed by atoms with E-state index in [1.165, 1.54) is 44.1 Å². The van der Waals surface area contributed by atoms with Crippen molar-refractivity contribution in [2.75, 3.05) is 6.61 Å². The van der Waals surface area contributed by atoms with Crippen LogP contribution in [0.1, 0.15) is 80.9 Å². The molecule has 1 aliphatic carbocycles. The monoisotopic (exact) mass is 536 g/mol. The number of fused-ring (bicyclic) bond motifs is 1. The summed E-state index contributed by atoms with van der Waals surface area (Å²) in [4.78, 5) is 0. The quantitative estimate of drug-likeness (QED) is 0.185. The Hall–Kier alpha value is -2.70. The minimum Gasteiger partial charge on any atom is -0.478 e. The van der Waals surface area contributed by atoms with Crippen molar-refractivity contribution >= 4 is 10.8 Å². The Bertz CT molecular complexity index is 1200. The van der Waals surface area contributed by atoms with Crippen LogP contribution in [0, 0.1) is 23.4 Å². The lowest BCUT2D eigenvalue weighted by Gasteiger charge is -2.29. The normalized spacial score (nSPS) is 18.2. The van der Waals surface area contributed by atoms with E-state index < -0.39 is 30.2 Å². The first-order valence-electron chi connectivity index (χ1n) is 13.5. The molecule has 0 heterocycles. The fraction of sp³-hybridized carbons (Fsp3) is 0.484. The minimum atomic E-state index is -4.71. The first kappa shape index (κ1) is 28.3. The van der Waals surface area contributed by atoms with Crippen LogP contribution in [0.3, 0.4) is 0 Å². The number of aryl methyl sites for hydroxylation is 2. The smallest absolute Gasteiger partial charge is 0.422 e. The van der Waals surface area contributed by atoms with Gasteiger partial charge in [0.25, 0.3) is 0 Å². The molecule has 1 fully saturated rings. The lowest BCUT2D eigenvalue weighted by molar-refractivity contribution is -0.154. The molecule has 0 atom stereocenters. The maximum atomic E-state index is 15.3. The van der Waals surface area contributed by atoms with Crippen LogP contribution in [0.5, 0.6) is 5.75 Å². The molecule has 1 aliphatic rings. The van der Waals surface area contributed by atoms with Crippen molar-refractivity contribution in [1.29, 1.82) is 0 Å². The maximum absolute atomic E-state index is 15.3. The van der Waals surface area contributed by atoms with Gasteiger partial charge in [0, 0.05) is 5.39 Å². The van der Waals surface area contributed by atoms with Gasteiger partial charge in [0.2, 0.25) is 0 Å². The summed E-state index contributed by atoms with van der Waals surface area (Å²) in [5.41, 5.74) is 1.87. The number of benzene rings is 3. The van der Waals surface area contributed by atoms with Gasteiger partial charge in [-0.1, -0.05) is 62.9 Å². The molecule has 0 bridgehead atoms. The van der Waals surface area contributed by atoms with Gasteiger partial charge in [-0.3, -0.25) is 0 Å². The van der Waals surface area contributed by atoms with E-state index in [4.69, 9.17) is 0 Å². The lowest BCUT2D eigenvalue weighted by atomic mass is 9.76. The molecule has 7 heteroatoms. The summed E-state index contributed by atoms with van der Waals surface area (Å²) in [5.74, 6) is -2.54. The topological polar surface area (TPSA) is 9.23 Å². The summed E-state index contributed by atoms with van der Waals surface area (Å²) in [6, 6.07) is 11.3. The van der Waals surface area contributed by atoms with Crippen LogP contribution in [-0.4, -0.2) is 12.8 Å². The average Bonchev–Trinajstić information content (AvgIpc) is 2.87. The van der Waals surface area contributed by atoms with E-state index in [9.17, 15) is 22.0 Å². The van der Waals surface area contributed by atoms with E-state index in [-0.39, 0.29) is 24.2 Å². The lowest BCUT2D eigenvalue weighted by Crippen LogP contribution is -2.20.